The molecule has 0 saturated carbocycles. The molecule has 0 amide bonds. The fourth-order valence-corrected chi connectivity index (χ4v) is 4.21. The van der Waals surface area contributed by atoms with Gasteiger partial charge in [0, 0.05) is 12.4 Å². The van der Waals surface area contributed by atoms with E-state index in [1.165, 1.54) is 24.3 Å². The molecule has 0 radical (unpaired) electrons. The third kappa shape index (κ3) is 9.00. The van der Waals surface area contributed by atoms with Gasteiger partial charge in [-0.1, -0.05) is 0 Å². The molecule has 0 spiro atoms. The minimum absolute atomic E-state index is 0.300. The highest BCUT2D eigenvalue weighted by Crippen LogP contribution is 2.21. The monoisotopic (exact) mass is 612 g/mol. The third-order valence-corrected chi connectivity index (χ3v) is 6.56. The fourth-order valence-electron chi connectivity index (χ4n) is 4.21. The van der Waals surface area contributed by atoms with Crippen LogP contribution in [0.4, 0.5) is 11.4 Å². The first-order valence-electron chi connectivity index (χ1n) is 14.8. The van der Waals surface area contributed by atoms with Crippen LogP contribution in [-0.4, -0.2) is 37.6 Å². The van der Waals surface area contributed by atoms with E-state index in [1.54, 1.807) is 61.0 Å². The molecule has 0 aliphatic heterocycles. The molecular formula is C38H32N2O6. The van der Waals surface area contributed by atoms with Gasteiger partial charge < -0.3 is 18.9 Å². The number of hydrogen-bond donors (Lipinski definition) is 0. The van der Waals surface area contributed by atoms with E-state index >= 15 is 0 Å². The van der Waals surface area contributed by atoms with Crippen molar-refractivity contribution < 1.29 is 28.5 Å². The summed E-state index contributed by atoms with van der Waals surface area (Å²) < 4.78 is 21.9. The Morgan fingerprint density at radius 1 is 0.478 bits per heavy atom. The zero-order chi connectivity index (χ0) is 32.1. The lowest BCUT2D eigenvalue weighted by atomic mass is 10.1. The average molecular weight is 613 g/mol. The van der Waals surface area contributed by atoms with Crippen molar-refractivity contribution in [1.82, 2.24) is 0 Å². The average Bonchev–Trinajstić information content (AvgIpc) is 3.09. The highest BCUT2D eigenvalue weighted by Gasteiger charge is 2.13. The predicted molar refractivity (Wildman–Crippen MR) is 179 cm³/mol. The van der Waals surface area contributed by atoms with Gasteiger partial charge in [-0.2, -0.15) is 0 Å². The fraction of sp³-hybridized carbons (Fsp3) is 0.105. The molecule has 0 fully saturated rings. The van der Waals surface area contributed by atoms with E-state index in [0.717, 1.165) is 34.0 Å². The molecule has 0 atom stereocenters. The molecule has 8 nitrogen and oxygen atoms in total. The normalized spacial score (nSPS) is 11.0. The van der Waals surface area contributed by atoms with E-state index in [9.17, 15) is 9.59 Å². The van der Waals surface area contributed by atoms with Crippen LogP contribution >= 0.6 is 0 Å². The van der Waals surface area contributed by atoms with Crippen LogP contribution in [0.5, 0.6) is 23.0 Å². The van der Waals surface area contributed by atoms with E-state index in [4.69, 9.17) is 18.9 Å². The molecule has 5 aromatic rings. The summed E-state index contributed by atoms with van der Waals surface area (Å²) in [7, 11) is 0. The Morgan fingerprint density at radius 3 is 1.13 bits per heavy atom. The molecule has 230 valence electrons. The van der Waals surface area contributed by atoms with Crippen molar-refractivity contribution in [2.45, 2.75) is 13.8 Å². The van der Waals surface area contributed by atoms with E-state index in [-0.39, 0.29) is 0 Å². The van der Waals surface area contributed by atoms with Gasteiger partial charge in [0.25, 0.3) is 0 Å². The topological polar surface area (TPSA) is 95.8 Å². The molecule has 0 aliphatic rings. The molecular weight excluding hydrogens is 580 g/mol. The van der Waals surface area contributed by atoms with Gasteiger partial charge in [-0.3, -0.25) is 9.98 Å². The zero-order valence-corrected chi connectivity index (χ0v) is 25.5. The second kappa shape index (κ2) is 15.6. The second-order valence-electron chi connectivity index (χ2n) is 9.86. The Balaban J connectivity index is 1.11. The first kappa shape index (κ1) is 31.4. The summed E-state index contributed by atoms with van der Waals surface area (Å²) in [5.74, 6) is 1.29. The number of carbonyl (C=O) groups is 2. The quantitative estimate of drug-likeness (QED) is 0.0797. The number of aliphatic imine (C=N–C) groups is 2. The summed E-state index contributed by atoms with van der Waals surface area (Å²) in [6.45, 7) is 5.10. The summed E-state index contributed by atoms with van der Waals surface area (Å²) in [5, 5.41) is 0. The molecule has 0 saturated heterocycles. The van der Waals surface area contributed by atoms with Gasteiger partial charge in [0.1, 0.15) is 23.0 Å². The smallest absolute Gasteiger partial charge is 0.343 e. The van der Waals surface area contributed by atoms with E-state index in [0.29, 0.717) is 35.8 Å². The molecule has 8 heteroatoms. The minimum Gasteiger partial charge on any atom is -0.494 e. The molecule has 5 aromatic carbocycles. The van der Waals surface area contributed by atoms with Crippen molar-refractivity contribution in [3.8, 4) is 23.0 Å². The number of hydrogen-bond acceptors (Lipinski definition) is 8. The standard InChI is InChI=1S/C38H32N2O6/c1-3-43-33-21-13-31(14-22-33)39-25-27-5-17-35(18-6-27)45-37(41)29-9-11-30(12-10-29)38(42)46-36-19-7-28(8-20-36)26-40-32-15-23-34(24-16-32)44-4-2/h5-26H,3-4H2,1-2H3. The first-order chi connectivity index (χ1) is 22.5. The van der Waals surface area contributed by atoms with Crippen molar-refractivity contribution >= 4 is 35.7 Å². The summed E-state index contributed by atoms with van der Waals surface area (Å²) in [5.41, 5.74) is 3.89. The molecule has 0 bridgehead atoms. The van der Waals surface area contributed by atoms with Crippen molar-refractivity contribution in [2.75, 3.05) is 13.2 Å². The highest BCUT2D eigenvalue weighted by atomic mass is 16.5. The van der Waals surface area contributed by atoms with Crippen LogP contribution in [0.2, 0.25) is 0 Å². The Bertz CT molecular complexity index is 1660. The van der Waals surface area contributed by atoms with Crippen LogP contribution < -0.4 is 18.9 Å². The van der Waals surface area contributed by atoms with Gasteiger partial charge in [-0.15, -0.1) is 0 Å². The zero-order valence-electron chi connectivity index (χ0n) is 25.5. The molecule has 0 heterocycles. The molecule has 0 unspecified atom stereocenters. The van der Waals surface area contributed by atoms with Gasteiger partial charge in [-0.25, -0.2) is 9.59 Å². The van der Waals surface area contributed by atoms with Crippen molar-refractivity contribution in [1.29, 1.82) is 0 Å². The van der Waals surface area contributed by atoms with Crippen LogP contribution in [0.15, 0.2) is 131 Å². The number of esters is 2. The lowest BCUT2D eigenvalue weighted by Crippen LogP contribution is -2.11. The van der Waals surface area contributed by atoms with Crippen LogP contribution in [-0.2, 0) is 0 Å². The number of benzene rings is 5. The maximum Gasteiger partial charge on any atom is 0.343 e. The summed E-state index contributed by atoms with van der Waals surface area (Å²) in [6, 6.07) is 35.1. The van der Waals surface area contributed by atoms with Crippen LogP contribution in [0, 0.1) is 0 Å². The third-order valence-electron chi connectivity index (χ3n) is 6.56. The van der Waals surface area contributed by atoms with Gasteiger partial charge in [-0.05, 0) is 146 Å². The summed E-state index contributed by atoms with van der Waals surface area (Å²) >= 11 is 0. The Labute approximate surface area is 267 Å². The number of ether oxygens (including phenoxy) is 4. The highest BCUT2D eigenvalue weighted by molar-refractivity contribution is 5.95. The maximum absolute atomic E-state index is 12.7. The van der Waals surface area contributed by atoms with Crippen molar-refractivity contribution in [3.63, 3.8) is 0 Å². The van der Waals surface area contributed by atoms with Gasteiger partial charge in [0.15, 0.2) is 0 Å². The summed E-state index contributed by atoms with van der Waals surface area (Å²) in [4.78, 5) is 34.3. The van der Waals surface area contributed by atoms with Crippen LogP contribution in [0.1, 0.15) is 45.7 Å². The van der Waals surface area contributed by atoms with Gasteiger partial charge in [0.2, 0.25) is 0 Å². The lowest BCUT2D eigenvalue weighted by Gasteiger charge is -2.07. The molecule has 0 N–H and O–H groups in total. The second-order valence-corrected chi connectivity index (χ2v) is 9.86. The number of carbonyl (C=O) groups excluding carboxylic acids is 2. The Hall–Kier alpha value is -6.02. The molecule has 5 rings (SSSR count). The molecule has 0 aromatic heterocycles. The Morgan fingerprint density at radius 2 is 0.804 bits per heavy atom. The SMILES string of the molecule is CCOc1ccc(N=Cc2ccc(OC(=O)c3ccc(C(=O)Oc4ccc(C=Nc5ccc(OCC)cc5)cc4)cc3)cc2)cc1. The van der Waals surface area contributed by atoms with Crippen molar-refractivity contribution in [2.24, 2.45) is 9.98 Å². The molecule has 46 heavy (non-hydrogen) atoms. The first-order valence-corrected chi connectivity index (χ1v) is 14.8. The Kier molecular flexibility index (Phi) is 10.7. The largest absolute Gasteiger partial charge is 0.494 e. The van der Waals surface area contributed by atoms with E-state index in [2.05, 4.69) is 9.98 Å². The number of rotatable bonds is 12. The van der Waals surface area contributed by atoms with E-state index in [1.807, 2.05) is 62.4 Å². The summed E-state index contributed by atoms with van der Waals surface area (Å²) in [6.07, 6.45) is 3.46. The van der Waals surface area contributed by atoms with E-state index < -0.39 is 11.9 Å². The maximum atomic E-state index is 12.7. The van der Waals surface area contributed by atoms with Crippen molar-refractivity contribution in [3.05, 3.63) is 144 Å². The number of nitrogens with zero attached hydrogens (tertiary/aromatic N) is 2. The van der Waals surface area contributed by atoms with Crippen LogP contribution in [0.3, 0.4) is 0 Å². The van der Waals surface area contributed by atoms with Gasteiger partial charge >= 0.3 is 11.9 Å². The minimum atomic E-state index is -0.543. The van der Waals surface area contributed by atoms with Crippen LogP contribution in [0.25, 0.3) is 0 Å². The lowest BCUT2D eigenvalue weighted by molar-refractivity contribution is 0.0720. The molecule has 0 aliphatic carbocycles. The van der Waals surface area contributed by atoms with Gasteiger partial charge in [0.05, 0.1) is 35.7 Å². The predicted octanol–water partition coefficient (Wildman–Crippen LogP) is 8.42.